The Hall–Kier alpha value is -3.55. The van der Waals surface area contributed by atoms with Crippen LogP contribution in [0.15, 0.2) is 54.6 Å². The molecule has 0 spiro atoms. The minimum absolute atomic E-state index is 0.186. The molecule has 0 fully saturated rings. The van der Waals surface area contributed by atoms with Gasteiger partial charge in [-0.1, -0.05) is 42.5 Å². The van der Waals surface area contributed by atoms with Gasteiger partial charge in [-0.15, -0.1) is 5.10 Å². The third-order valence-electron chi connectivity index (χ3n) is 4.41. The normalized spacial score (nSPS) is 11.8. The Morgan fingerprint density at radius 3 is 2.54 bits per heavy atom. The number of benzene rings is 2. The summed E-state index contributed by atoms with van der Waals surface area (Å²) in [5.74, 6) is -0.596. The van der Waals surface area contributed by atoms with Gasteiger partial charge in [0.2, 0.25) is 5.91 Å². The van der Waals surface area contributed by atoms with Crippen molar-refractivity contribution < 1.29 is 14.7 Å². The van der Waals surface area contributed by atoms with Crippen molar-refractivity contribution in [2.45, 2.75) is 25.8 Å². The zero-order valence-corrected chi connectivity index (χ0v) is 15.4. The fraction of sp³-hybridized carbons (Fsp3) is 0.250. The topological polar surface area (TPSA) is 110 Å². The van der Waals surface area contributed by atoms with Crippen molar-refractivity contribution >= 4 is 11.9 Å². The lowest BCUT2D eigenvalue weighted by Crippen LogP contribution is -2.36. The Kier molecular flexibility index (Phi) is 6.11. The van der Waals surface area contributed by atoms with Crippen molar-refractivity contribution in [1.29, 1.82) is 0 Å². The van der Waals surface area contributed by atoms with E-state index in [1.807, 2.05) is 36.4 Å². The van der Waals surface area contributed by atoms with E-state index in [9.17, 15) is 9.59 Å². The van der Waals surface area contributed by atoms with Crippen molar-refractivity contribution in [3.8, 4) is 0 Å². The lowest BCUT2D eigenvalue weighted by Gasteiger charge is -2.17. The first kappa shape index (κ1) is 19.2. The molecule has 2 aromatic carbocycles. The zero-order chi connectivity index (χ0) is 19.9. The summed E-state index contributed by atoms with van der Waals surface area (Å²) in [6.45, 7) is 2.14. The summed E-state index contributed by atoms with van der Waals surface area (Å²) in [5, 5.41) is 23.5. The number of aromatic nitrogens is 4. The third-order valence-corrected chi connectivity index (χ3v) is 4.41. The lowest BCUT2D eigenvalue weighted by molar-refractivity contribution is -0.124. The van der Waals surface area contributed by atoms with Crippen LogP contribution in [-0.4, -0.2) is 43.7 Å². The number of carbonyl (C=O) groups excluding carboxylic acids is 1. The first-order chi connectivity index (χ1) is 13.5. The highest BCUT2D eigenvalue weighted by Gasteiger charge is 2.23. The fourth-order valence-electron chi connectivity index (χ4n) is 2.96. The number of nitrogens with zero attached hydrogens (tertiary/aromatic N) is 4. The maximum absolute atomic E-state index is 12.8. The summed E-state index contributed by atoms with van der Waals surface area (Å²) in [7, 11) is 0. The molecule has 0 radical (unpaired) electrons. The number of amides is 1. The van der Waals surface area contributed by atoms with Crippen molar-refractivity contribution in [2.75, 3.05) is 6.54 Å². The summed E-state index contributed by atoms with van der Waals surface area (Å²) in [5.41, 5.74) is 2.08. The van der Waals surface area contributed by atoms with E-state index < -0.39 is 12.0 Å². The van der Waals surface area contributed by atoms with Gasteiger partial charge in [0, 0.05) is 13.0 Å². The molecule has 0 aliphatic heterocycles. The van der Waals surface area contributed by atoms with Crippen LogP contribution in [0, 0.1) is 6.92 Å². The smallest absolute Gasteiger partial charge is 0.335 e. The van der Waals surface area contributed by atoms with Crippen LogP contribution in [0.5, 0.6) is 0 Å². The number of aromatic carboxylic acids is 1. The standard InChI is InChI=1S/C20H21N5O3/c1-14-22-23-24-25(14)18(13-15-6-3-2-4-7-15)19(26)21-11-10-16-8-5-9-17(12-16)20(27)28/h2-9,12,18H,10-11,13H2,1H3,(H,21,26)(H,27,28). The quantitative estimate of drug-likeness (QED) is 0.618. The van der Waals surface area contributed by atoms with Crippen LogP contribution in [0.25, 0.3) is 0 Å². The number of carbonyl (C=O) groups is 2. The van der Waals surface area contributed by atoms with Gasteiger partial charge in [0.05, 0.1) is 5.56 Å². The van der Waals surface area contributed by atoms with E-state index in [4.69, 9.17) is 5.11 Å². The summed E-state index contributed by atoms with van der Waals surface area (Å²) in [4.78, 5) is 23.9. The van der Waals surface area contributed by atoms with Crippen LogP contribution in [-0.2, 0) is 17.6 Å². The molecule has 1 atom stereocenters. The van der Waals surface area contributed by atoms with E-state index in [1.54, 1.807) is 25.1 Å². The largest absolute Gasteiger partial charge is 0.478 e. The average molecular weight is 379 g/mol. The minimum Gasteiger partial charge on any atom is -0.478 e. The molecular formula is C20H21N5O3. The first-order valence-electron chi connectivity index (χ1n) is 8.93. The predicted molar refractivity (Wildman–Crippen MR) is 102 cm³/mol. The number of hydrogen-bond donors (Lipinski definition) is 2. The highest BCUT2D eigenvalue weighted by molar-refractivity contribution is 5.87. The van der Waals surface area contributed by atoms with Crippen molar-refractivity contribution in [3.05, 3.63) is 77.1 Å². The predicted octanol–water partition coefficient (Wildman–Crippen LogP) is 1.82. The number of rotatable bonds is 8. The van der Waals surface area contributed by atoms with E-state index in [2.05, 4.69) is 20.8 Å². The monoisotopic (exact) mass is 379 g/mol. The molecule has 144 valence electrons. The molecule has 1 heterocycles. The van der Waals surface area contributed by atoms with Gasteiger partial charge in [-0.05, 0) is 47.0 Å². The van der Waals surface area contributed by atoms with Crippen LogP contribution in [0.2, 0.25) is 0 Å². The maximum Gasteiger partial charge on any atom is 0.335 e. The van der Waals surface area contributed by atoms with Gasteiger partial charge in [0.25, 0.3) is 0 Å². The molecule has 1 unspecified atom stereocenters. The van der Waals surface area contributed by atoms with Crippen molar-refractivity contribution in [3.63, 3.8) is 0 Å². The first-order valence-corrected chi connectivity index (χ1v) is 8.93. The van der Waals surface area contributed by atoms with Crippen LogP contribution >= 0.6 is 0 Å². The van der Waals surface area contributed by atoms with E-state index in [0.717, 1.165) is 11.1 Å². The molecule has 1 aromatic heterocycles. The second kappa shape index (κ2) is 8.90. The number of hydrogen-bond acceptors (Lipinski definition) is 5. The number of aryl methyl sites for hydroxylation is 1. The van der Waals surface area contributed by atoms with Crippen LogP contribution in [0.4, 0.5) is 0 Å². The Morgan fingerprint density at radius 1 is 1.11 bits per heavy atom. The SMILES string of the molecule is Cc1nnnn1C(Cc1ccccc1)C(=O)NCCc1cccc(C(=O)O)c1. The molecule has 0 aliphatic rings. The summed E-state index contributed by atoms with van der Waals surface area (Å²) in [6.07, 6.45) is 0.993. The van der Waals surface area contributed by atoms with Crippen LogP contribution in [0.1, 0.15) is 33.4 Å². The van der Waals surface area contributed by atoms with E-state index in [-0.39, 0.29) is 11.5 Å². The van der Waals surface area contributed by atoms with Gasteiger partial charge in [-0.2, -0.15) is 0 Å². The highest BCUT2D eigenvalue weighted by atomic mass is 16.4. The molecule has 8 nitrogen and oxygen atoms in total. The number of nitrogens with one attached hydrogen (secondary N) is 1. The summed E-state index contributed by atoms with van der Waals surface area (Å²) in [6, 6.07) is 15.8. The molecule has 3 rings (SSSR count). The Labute approximate surface area is 162 Å². The zero-order valence-electron chi connectivity index (χ0n) is 15.4. The Bertz CT molecular complexity index is 955. The number of carboxylic acid groups (broad SMARTS) is 1. The molecule has 8 heteroatoms. The molecule has 1 amide bonds. The van der Waals surface area contributed by atoms with Gasteiger partial charge < -0.3 is 10.4 Å². The van der Waals surface area contributed by atoms with Crippen LogP contribution < -0.4 is 5.32 Å². The Balaban J connectivity index is 1.67. The minimum atomic E-state index is -0.969. The van der Waals surface area contributed by atoms with Gasteiger partial charge >= 0.3 is 5.97 Å². The fourth-order valence-corrected chi connectivity index (χ4v) is 2.96. The van der Waals surface area contributed by atoms with Gasteiger partial charge in [-0.3, -0.25) is 4.79 Å². The molecule has 0 saturated carbocycles. The Morgan fingerprint density at radius 2 is 1.86 bits per heavy atom. The van der Waals surface area contributed by atoms with E-state index >= 15 is 0 Å². The maximum atomic E-state index is 12.8. The van der Waals surface area contributed by atoms with Gasteiger partial charge in [0.1, 0.15) is 11.9 Å². The second-order valence-corrected chi connectivity index (χ2v) is 6.42. The molecule has 3 aromatic rings. The van der Waals surface area contributed by atoms with Crippen LogP contribution in [0.3, 0.4) is 0 Å². The lowest BCUT2D eigenvalue weighted by atomic mass is 10.0. The summed E-state index contributed by atoms with van der Waals surface area (Å²) >= 11 is 0. The number of carboxylic acids is 1. The highest BCUT2D eigenvalue weighted by Crippen LogP contribution is 2.15. The molecule has 2 N–H and O–H groups in total. The van der Waals surface area contributed by atoms with E-state index in [1.165, 1.54) is 4.68 Å². The molecule has 0 saturated heterocycles. The van der Waals surface area contributed by atoms with Crippen molar-refractivity contribution in [1.82, 2.24) is 25.5 Å². The second-order valence-electron chi connectivity index (χ2n) is 6.42. The number of tetrazole rings is 1. The third kappa shape index (κ3) is 4.79. The average Bonchev–Trinajstić information content (AvgIpc) is 3.12. The van der Waals surface area contributed by atoms with Gasteiger partial charge in [-0.25, -0.2) is 9.48 Å². The van der Waals surface area contributed by atoms with Gasteiger partial charge in [0.15, 0.2) is 0 Å². The molecule has 28 heavy (non-hydrogen) atoms. The summed E-state index contributed by atoms with van der Waals surface area (Å²) < 4.78 is 1.52. The van der Waals surface area contributed by atoms with Crippen molar-refractivity contribution in [2.24, 2.45) is 0 Å². The molecule has 0 aliphatic carbocycles. The molecule has 0 bridgehead atoms. The van der Waals surface area contributed by atoms with E-state index in [0.29, 0.717) is 25.2 Å². The molecular weight excluding hydrogens is 358 g/mol.